The molecule has 1 N–H and O–H groups in total. The zero-order chi connectivity index (χ0) is 13.7. The molecule has 0 aliphatic carbocycles. The van der Waals surface area contributed by atoms with E-state index in [1.807, 2.05) is 30.3 Å². The lowest BCUT2D eigenvalue weighted by atomic mass is 10.1. The number of hydrogen-bond donors (Lipinski definition) is 1. The fraction of sp³-hybridized carbons (Fsp3) is 0.357. The summed E-state index contributed by atoms with van der Waals surface area (Å²) in [4.78, 5) is 4.37. The Kier molecular flexibility index (Phi) is 4.50. The van der Waals surface area contributed by atoms with Crippen LogP contribution in [-0.4, -0.2) is 31.5 Å². The smallest absolute Gasteiger partial charge is 0.151 e. The number of fused-ring (bicyclic) bond motifs is 1. The highest BCUT2D eigenvalue weighted by molar-refractivity contribution is 7.91. The predicted octanol–water partition coefficient (Wildman–Crippen LogP) is 1.76. The monoisotopic (exact) mass is 278 g/mol. The number of sulfone groups is 1. The van der Waals surface area contributed by atoms with Crippen LogP contribution in [0.1, 0.15) is 12.5 Å². The number of benzene rings is 1. The molecule has 4 nitrogen and oxygen atoms in total. The first kappa shape index (κ1) is 14.0. The molecule has 0 bridgehead atoms. The molecular formula is C14H18N2O2S. The van der Waals surface area contributed by atoms with Crippen LogP contribution >= 0.6 is 0 Å². The molecule has 0 saturated carbocycles. The Labute approximate surface area is 113 Å². The van der Waals surface area contributed by atoms with Crippen molar-refractivity contribution in [3.63, 3.8) is 0 Å². The first-order valence-electron chi connectivity index (χ1n) is 6.36. The van der Waals surface area contributed by atoms with E-state index in [-0.39, 0.29) is 11.5 Å². The highest BCUT2D eigenvalue weighted by Crippen LogP contribution is 2.15. The quantitative estimate of drug-likeness (QED) is 0.818. The van der Waals surface area contributed by atoms with Crippen LogP contribution in [0.3, 0.4) is 0 Å². The summed E-state index contributed by atoms with van der Waals surface area (Å²) in [6.07, 6.45) is 1.77. The molecule has 102 valence electrons. The Hall–Kier alpha value is -1.46. The Bertz CT molecular complexity index is 648. The number of hydrogen-bond acceptors (Lipinski definition) is 4. The largest absolute Gasteiger partial charge is 0.312 e. The van der Waals surface area contributed by atoms with E-state index in [0.29, 0.717) is 13.1 Å². The summed E-state index contributed by atoms with van der Waals surface area (Å²) in [5, 5.41) is 4.27. The molecule has 1 aromatic heterocycles. The maximum Gasteiger partial charge on any atom is 0.151 e. The molecule has 1 heterocycles. The molecule has 0 saturated heterocycles. The average Bonchev–Trinajstić information content (AvgIpc) is 2.44. The van der Waals surface area contributed by atoms with Crippen molar-refractivity contribution >= 4 is 20.7 Å². The van der Waals surface area contributed by atoms with Gasteiger partial charge in [-0.2, -0.15) is 0 Å². The topological polar surface area (TPSA) is 59.1 Å². The first-order valence-corrected chi connectivity index (χ1v) is 8.18. The lowest BCUT2D eigenvalue weighted by Crippen LogP contribution is -2.23. The van der Waals surface area contributed by atoms with E-state index in [1.165, 1.54) is 0 Å². The van der Waals surface area contributed by atoms with E-state index in [1.54, 1.807) is 13.1 Å². The number of nitrogens with zero attached hydrogens (tertiary/aromatic N) is 1. The molecule has 5 heteroatoms. The normalized spacial score (nSPS) is 11.8. The van der Waals surface area contributed by atoms with Crippen LogP contribution in [0.4, 0.5) is 0 Å². The maximum absolute atomic E-state index is 11.4. The summed E-state index contributed by atoms with van der Waals surface area (Å²) in [6, 6.07) is 9.95. The van der Waals surface area contributed by atoms with Crippen molar-refractivity contribution < 1.29 is 8.42 Å². The SMILES string of the molecule is CCS(=O)(=O)CCNCc1cccc2cccnc12. The molecule has 0 atom stereocenters. The van der Waals surface area contributed by atoms with Crippen molar-refractivity contribution in [3.05, 3.63) is 42.1 Å². The van der Waals surface area contributed by atoms with Gasteiger partial charge in [0.25, 0.3) is 0 Å². The summed E-state index contributed by atoms with van der Waals surface area (Å²) in [5.74, 6) is 0.381. The Balaban J connectivity index is 1.99. The van der Waals surface area contributed by atoms with Gasteiger partial charge in [-0.15, -0.1) is 0 Å². The minimum Gasteiger partial charge on any atom is -0.312 e. The number of pyridine rings is 1. The van der Waals surface area contributed by atoms with E-state index in [9.17, 15) is 8.42 Å². The van der Waals surface area contributed by atoms with Crippen LogP contribution in [0, 0.1) is 0 Å². The summed E-state index contributed by atoms with van der Waals surface area (Å²) in [6.45, 7) is 2.77. The molecule has 0 spiro atoms. The van der Waals surface area contributed by atoms with E-state index in [2.05, 4.69) is 10.3 Å². The Morgan fingerprint density at radius 3 is 2.79 bits per heavy atom. The number of nitrogens with one attached hydrogen (secondary N) is 1. The first-order chi connectivity index (χ1) is 9.12. The van der Waals surface area contributed by atoms with Crippen LogP contribution in [0.2, 0.25) is 0 Å². The molecule has 2 aromatic rings. The molecule has 0 aliphatic heterocycles. The third kappa shape index (κ3) is 3.75. The number of para-hydroxylation sites is 1. The minimum absolute atomic E-state index is 0.182. The van der Waals surface area contributed by atoms with Crippen molar-refractivity contribution in [1.29, 1.82) is 0 Å². The highest BCUT2D eigenvalue weighted by Gasteiger charge is 2.06. The fourth-order valence-electron chi connectivity index (χ4n) is 1.91. The highest BCUT2D eigenvalue weighted by atomic mass is 32.2. The molecule has 2 rings (SSSR count). The van der Waals surface area contributed by atoms with Gasteiger partial charge in [0.1, 0.15) is 0 Å². The lowest BCUT2D eigenvalue weighted by Gasteiger charge is -2.07. The van der Waals surface area contributed by atoms with Gasteiger partial charge in [-0.25, -0.2) is 8.42 Å². The third-order valence-electron chi connectivity index (χ3n) is 3.06. The van der Waals surface area contributed by atoms with Crippen molar-refractivity contribution in [2.45, 2.75) is 13.5 Å². The van der Waals surface area contributed by atoms with Crippen molar-refractivity contribution in [2.24, 2.45) is 0 Å². The molecule has 1 aromatic carbocycles. The van der Waals surface area contributed by atoms with Crippen LogP contribution in [0.5, 0.6) is 0 Å². The van der Waals surface area contributed by atoms with Crippen LogP contribution in [-0.2, 0) is 16.4 Å². The fourth-order valence-corrected chi connectivity index (χ4v) is 2.65. The average molecular weight is 278 g/mol. The van der Waals surface area contributed by atoms with Crippen LogP contribution in [0.25, 0.3) is 10.9 Å². The summed E-state index contributed by atoms with van der Waals surface area (Å²) in [5.41, 5.74) is 2.06. The van der Waals surface area contributed by atoms with Gasteiger partial charge in [0, 0.05) is 30.4 Å². The van der Waals surface area contributed by atoms with E-state index >= 15 is 0 Å². The standard InChI is InChI=1S/C14H18N2O2S/c1-2-19(17,18)10-9-15-11-13-6-3-5-12-7-4-8-16-14(12)13/h3-8,15H,2,9-11H2,1H3. The van der Waals surface area contributed by atoms with Gasteiger partial charge in [-0.05, 0) is 11.6 Å². The maximum atomic E-state index is 11.4. The van der Waals surface area contributed by atoms with Crippen LogP contribution < -0.4 is 5.32 Å². The zero-order valence-electron chi connectivity index (χ0n) is 11.0. The number of aromatic nitrogens is 1. The van der Waals surface area contributed by atoms with E-state index in [4.69, 9.17) is 0 Å². The molecule has 0 aliphatic rings. The van der Waals surface area contributed by atoms with Gasteiger partial charge in [-0.1, -0.05) is 31.2 Å². The summed E-state index contributed by atoms with van der Waals surface area (Å²) < 4.78 is 22.7. The van der Waals surface area contributed by atoms with Gasteiger partial charge in [0.05, 0.1) is 11.3 Å². The van der Waals surface area contributed by atoms with E-state index in [0.717, 1.165) is 16.5 Å². The zero-order valence-corrected chi connectivity index (χ0v) is 11.8. The second-order valence-corrected chi connectivity index (χ2v) is 6.88. The van der Waals surface area contributed by atoms with Gasteiger partial charge in [-0.3, -0.25) is 4.98 Å². The van der Waals surface area contributed by atoms with Gasteiger partial charge in [0.2, 0.25) is 0 Å². The lowest BCUT2D eigenvalue weighted by molar-refractivity contribution is 0.592. The number of rotatable bonds is 6. The van der Waals surface area contributed by atoms with Gasteiger partial charge < -0.3 is 5.32 Å². The molecule has 0 fully saturated rings. The molecule has 0 radical (unpaired) electrons. The second-order valence-electron chi connectivity index (χ2n) is 4.41. The summed E-state index contributed by atoms with van der Waals surface area (Å²) >= 11 is 0. The molecule has 19 heavy (non-hydrogen) atoms. The van der Waals surface area contributed by atoms with Crippen molar-refractivity contribution in [2.75, 3.05) is 18.1 Å². The Morgan fingerprint density at radius 1 is 1.21 bits per heavy atom. The van der Waals surface area contributed by atoms with Crippen LogP contribution in [0.15, 0.2) is 36.5 Å². The second kappa shape index (κ2) is 6.12. The predicted molar refractivity (Wildman–Crippen MR) is 77.8 cm³/mol. The molecular weight excluding hydrogens is 260 g/mol. The summed E-state index contributed by atoms with van der Waals surface area (Å²) in [7, 11) is -2.89. The third-order valence-corrected chi connectivity index (χ3v) is 4.77. The van der Waals surface area contributed by atoms with Gasteiger partial charge in [0.15, 0.2) is 9.84 Å². The van der Waals surface area contributed by atoms with Crippen molar-refractivity contribution in [1.82, 2.24) is 10.3 Å². The van der Waals surface area contributed by atoms with Crippen molar-refractivity contribution in [3.8, 4) is 0 Å². The Morgan fingerprint density at radius 2 is 2.00 bits per heavy atom. The van der Waals surface area contributed by atoms with Gasteiger partial charge >= 0.3 is 0 Å². The molecule has 0 unspecified atom stereocenters. The van der Waals surface area contributed by atoms with E-state index < -0.39 is 9.84 Å². The molecule has 0 amide bonds. The minimum atomic E-state index is -2.89.